The molecule has 6 heteroatoms. The van der Waals surface area contributed by atoms with Gasteiger partial charge in [0.15, 0.2) is 0 Å². The second kappa shape index (κ2) is 11.4. The van der Waals surface area contributed by atoms with Crippen LogP contribution in [0.5, 0.6) is 0 Å². The van der Waals surface area contributed by atoms with Crippen LogP contribution in [0, 0.1) is 18.3 Å². The van der Waals surface area contributed by atoms with Gasteiger partial charge >= 0.3 is 0 Å². The summed E-state index contributed by atoms with van der Waals surface area (Å²) in [6, 6.07) is 17.2. The van der Waals surface area contributed by atoms with Crippen LogP contribution in [0.25, 0.3) is 23.1 Å². The molecular formula is C31H34N6. The molecule has 0 spiro atoms. The molecule has 4 aromatic rings. The zero-order valence-corrected chi connectivity index (χ0v) is 21.7. The van der Waals surface area contributed by atoms with Gasteiger partial charge in [0.1, 0.15) is 6.07 Å². The number of hydrogen-bond donors (Lipinski definition) is 2. The molecule has 5 rings (SSSR count). The number of nitrogens with one attached hydrogen (secondary N) is 2. The van der Waals surface area contributed by atoms with Crippen molar-refractivity contribution in [3.05, 3.63) is 88.9 Å². The van der Waals surface area contributed by atoms with E-state index in [9.17, 15) is 5.26 Å². The molecule has 1 aliphatic heterocycles. The number of rotatable bonds is 7. The molecule has 1 aliphatic rings. The zero-order valence-electron chi connectivity index (χ0n) is 21.7. The van der Waals surface area contributed by atoms with Crippen LogP contribution in [0.1, 0.15) is 41.2 Å². The summed E-state index contributed by atoms with van der Waals surface area (Å²) in [5.41, 5.74) is 7.85. The first kappa shape index (κ1) is 24.8. The summed E-state index contributed by atoms with van der Waals surface area (Å²) in [6.07, 6.45) is 10.8. The first-order chi connectivity index (χ1) is 18.1. The average Bonchev–Trinajstić information content (AvgIpc) is 3.30. The van der Waals surface area contributed by atoms with E-state index in [4.69, 9.17) is 0 Å². The maximum absolute atomic E-state index is 9.79. The molecule has 0 radical (unpaired) electrons. The SMILES string of the molecule is CCN1CCCN(Cc2cccc(/C=C/c3cncc(C#N)c3Nc3ccc4[nH]ccc4c3C)c2)CC1. The fourth-order valence-electron chi connectivity index (χ4n) is 5.12. The zero-order chi connectivity index (χ0) is 25.6. The van der Waals surface area contributed by atoms with Gasteiger partial charge < -0.3 is 15.2 Å². The quantitative estimate of drug-likeness (QED) is 0.323. The largest absolute Gasteiger partial charge is 0.361 e. The molecule has 0 amide bonds. The maximum Gasteiger partial charge on any atom is 0.103 e. The third-order valence-electron chi connectivity index (χ3n) is 7.30. The summed E-state index contributed by atoms with van der Waals surface area (Å²) in [7, 11) is 0. The minimum absolute atomic E-state index is 0.520. The van der Waals surface area contributed by atoms with Crippen molar-refractivity contribution >= 4 is 34.4 Å². The van der Waals surface area contributed by atoms with Gasteiger partial charge in [-0.05, 0) is 67.9 Å². The molecule has 188 valence electrons. The van der Waals surface area contributed by atoms with Crippen molar-refractivity contribution in [1.82, 2.24) is 19.8 Å². The number of aromatic amines is 1. The van der Waals surface area contributed by atoms with Crippen molar-refractivity contribution in [2.45, 2.75) is 26.8 Å². The summed E-state index contributed by atoms with van der Waals surface area (Å²) < 4.78 is 0. The van der Waals surface area contributed by atoms with Crippen molar-refractivity contribution in [2.24, 2.45) is 0 Å². The van der Waals surface area contributed by atoms with Gasteiger partial charge in [0.2, 0.25) is 0 Å². The van der Waals surface area contributed by atoms with Crippen LogP contribution in [0.3, 0.4) is 0 Å². The molecule has 3 heterocycles. The number of aryl methyl sites for hydroxylation is 1. The average molecular weight is 491 g/mol. The van der Waals surface area contributed by atoms with Crippen LogP contribution in [-0.4, -0.2) is 52.5 Å². The molecule has 37 heavy (non-hydrogen) atoms. The van der Waals surface area contributed by atoms with Gasteiger partial charge in [0.05, 0.1) is 11.3 Å². The molecule has 0 aliphatic carbocycles. The highest BCUT2D eigenvalue weighted by molar-refractivity contribution is 5.90. The number of pyridine rings is 1. The molecule has 1 fully saturated rings. The van der Waals surface area contributed by atoms with Crippen molar-refractivity contribution in [3.63, 3.8) is 0 Å². The Morgan fingerprint density at radius 1 is 1.05 bits per heavy atom. The van der Waals surface area contributed by atoms with Crippen molar-refractivity contribution in [2.75, 3.05) is 38.0 Å². The number of fused-ring (bicyclic) bond motifs is 1. The van der Waals surface area contributed by atoms with Crippen molar-refractivity contribution in [3.8, 4) is 6.07 Å². The number of nitriles is 1. The molecule has 2 aromatic heterocycles. The molecule has 2 N–H and O–H groups in total. The van der Waals surface area contributed by atoms with Crippen LogP contribution in [0.4, 0.5) is 11.4 Å². The number of anilines is 2. The Morgan fingerprint density at radius 2 is 1.92 bits per heavy atom. The Hall–Kier alpha value is -3.92. The van der Waals surface area contributed by atoms with E-state index in [1.807, 2.05) is 18.5 Å². The number of hydrogen-bond acceptors (Lipinski definition) is 5. The van der Waals surface area contributed by atoms with E-state index < -0.39 is 0 Å². The molecule has 6 nitrogen and oxygen atoms in total. The van der Waals surface area contributed by atoms with E-state index in [1.165, 1.54) is 23.9 Å². The molecule has 2 aromatic carbocycles. The summed E-state index contributed by atoms with van der Waals surface area (Å²) in [6.45, 7) is 11.0. The number of benzene rings is 2. The smallest absolute Gasteiger partial charge is 0.103 e. The predicted molar refractivity (Wildman–Crippen MR) is 153 cm³/mol. The highest BCUT2D eigenvalue weighted by Crippen LogP contribution is 2.31. The molecular weight excluding hydrogens is 456 g/mol. The third kappa shape index (κ3) is 5.75. The number of nitrogens with zero attached hydrogens (tertiary/aromatic N) is 4. The molecule has 0 saturated carbocycles. The topological polar surface area (TPSA) is 71.0 Å². The van der Waals surface area contributed by atoms with E-state index in [2.05, 4.69) is 93.5 Å². The van der Waals surface area contributed by atoms with E-state index in [0.29, 0.717) is 5.56 Å². The van der Waals surface area contributed by atoms with E-state index in [1.54, 1.807) is 6.20 Å². The van der Waals surface area contributed by atoms with Gasteiger partial charge in [0.25, 0.3) is 0 Å². The standard InChI is InChI=1S/C31H34N6/c1-3-36-14-5-15-37(17-16-36)22-25-7-4-6-24(18-25)8-9-26-20-33-21-27(19-32)31(26)35-29-10-11-30-28(23(29)2)12-13-34-30/h4,6-13,18,20-21,34H,3,5,14-17,22H2,1-2H3,(H,33,35)/b9-8+. The number of likely N-dealkylation sites (N-methyl/N-ethyl adjacent to an activating group) is 1. The van der Waals surface area contributed by atoms with Crippen LogP contribution < -0.4 is 5.32 Å². The Bertz CT molecular complexity index is 1440. The Balaban J connectivity index is 1.36. The first-order valence-electron chi connectivity index (χ1n) is 13.1. The first-order valence-corrected chi connectivity index (χ1v) is 13.1. The minimum atomic E-state index is 0.520. The van der Waals surface area contributed by atoms with Crippen LogP contribution >= 0.6 is 0 Å². The molecule has 0 atom stereocenters. The maximum atomic E-state index is 9.79. The fraction of sp³-hybridized carbons (Fsp3) is 0.290. The summed E-state index contributed by atoms with van der Waals surface area (Å²) in [5.74, 6) is 0. The second-order valence-corrected chi connectivity index (χ2v) is 9.71. The molecule has 1 saturated heterocycles. The minimum Gasteiger partial charge on any atom is -0.361 e. The van der Waals surface area contributed by atoms with E-state index in [0.717, 1.165) is 66.3 Å². The van der Waals surface area contributed by atoms with E-state index >= 15 is 0 Å². The molecule has 0 bridgehead atoms. The summed E-state index contributed by atoms with van der Waals surface area (Å²) in [4.78, 5) is 12.7. The van der Waals surface area contributed by atoms with Gasteiger partial charge in [-0.1, -0.05) is 43.3 Å². The van der Waals surface area contributed by atoms with Gasteiger partial charge in [-0.15, -0.1) is 0 Å². The lowest BCUT2D eigenvalue weighted by molar-refractivity contribution is 0.257. The molecule has 0 unspecified atom stereocenters. The monoisotopic (exact) mass is 490 g/mol. The Morgan fingerprint density at radius 3 is 2.78 bits per heavy atom. The van der Waals surface area contributed by atoms with Gasteiger partial charge in [-0.25, -0.2) is 0 Å². The Labute approximate surface area is 219 Å². The second-order valence-electron chi connectivity index (χ2n) is 9.71. The van der Waals surface area contributed by atoms with Gasteiger partial charge in [-0.3, -0.25) is 9.88 Å². The van der Waals surface area contributed by atoms with Gasteiger partial charge in [-0.2, -0.15) is 5.26 Å². The number of aromatic nitrogens is 2. The fourth-order valence-corrected chi connectivity index (χ4v) is 5.12. The number of H-pyrrole nitrogens is 1. The third-order valence-corrected chi connectivity index (χ3v) is 7.30. The Kier molecular flexibility index (Phi) is 7.65. The lowest BCUT2D eigenvalue weighted by Gasteiger charge is -2.21. The lowest BCUT2D eigenvalue weighted by Crippen LogP contribution is -2.30. The highest BCUT2D eigenvalue weighted by Gasteiger charge is 2.14. The van der Waals surface area contributed by atoms with Crippen molar-refractivity contribution in [1.29, 1.82) is 5.26 Å². The van der Waals surface area contributed by atoms with Crippen LogP contribution in [-0.2, 0) is 6.54 Å². The summed E-state index contributed by atoms with van der Waals surface area (Å²) in [5, 5.41) is 14.5. The van der Waals surface area contributed by atoms with Crippen LogP contribution in [0.15, 0.2) is 61.1 Å². The lowest BCUT2D eigenvalue weighted by atomic mass is 10.1. The van der Waals surface area contributed by atoms with Crippen molar-refractivity contribution < 1.29 is 0 Å². The predicted octanol–water partition coefficient (Wildman–Crippen LogP) is 6.18. The normalized spacial score (nSPS) is 15.2. The van der Waals surface area contributed by atoms with Gasteiger partial charge in [0, 0.05) is 60.4 Å². The van der Waals surface area contributed by atoms with Crippen LogP contribution in [0.2, 0.25) is 0 Å². The van der Waals surface area contributed by atoms with E-state index in [-0.39, 0.29) is 0 Å². The summed E-state index contributed by atoms with van der Waals surface area (Å²) >= 11 is 0. The highest BCUT2D eigenvalue weighted by atomic mass is 15.2.